The Bertz CT molecular complexity index is 696. The molecule has 2 N–H and O–H groups in total. The van der Waals surface area contributed by atoms with Crippen LogP contribution < -0.4 is 10.6 Å². The number of likely N-dealkylation sites (tertiary alicyclic amines) is 1. The number of benzene rings is 1. The summed E-state index contributed by atoms with van der Waals surface area (Å²) in [5.74, 6) is -0.0488. The van der Waals surface area contributed by atoms with Gasteiger partial charge in [-0.15, -0.1) is 0 Å². The number of carbonyl (C=O) groups excluding carboxylic acids is 2. The van der Waals surface area contributed by atoms with Gasteiger partial charge in [0.1, 0.15) is 6.04 Å². The van der Waals surface area contributed by atoms with Crippen molar-refractivity contribution in [2.75, 3.05) is 18.9 Å². The van der Waals surface area contributed by atoms with Gasteiger partial charge in [-0.25, -0.2) is 4.79 Å². The minimum absolute atomic E-state index is 0.0488. The van der Waals surface area contributed by atoms with E-state index in [1.54, 1.807) is 24.3 Å². The fourth-order valence-electron chi connectivity index (χ4n) is 2.50. The Morgan fingerprint density at radius 3 is 3.00 bits per heavy atom. The molecule has 6 heteroatoms. The van der Waals surface area contributed by atoms with Gasteiger partial charge >= 0.3 is 6.03 Å². The molecule has 0 unspecified atom stereocenters. The summed E-state index contributed by atoms with van der Waals surface area (Å²) in [7, 11) is 1.74. The smallest absolute Gasteiger partial charge is 0.319 e. The van der Waals surface area contributed by atoms with Crippen LogP contribution in [-0.4, -0.2) is 41.5 Å². The second-order valence-corrected chi connectivity index (χ2v) is 5.10. The Morgan fingerprint density at radius 2 is 2.24 bits per heavy atom. The first-order chi connectivity index (χ1) is 10.1. The molecular weight excluding hydrogens is 268 g/mol. The second kappa shape index (κ2) is 5.40. The molecule has 0 saturated carbocycles. The summed E-state index contributed by atoms with van der Waals surface area (Å²) in [5, 5.41) is 7.38. The molecule has 1 aliphatic heterocycles. The van der Waals surface area contributed by atoms with Crippen molar-refractivity contribution in [1.29, 1.82) is 0 Å². The van der Waals surface area contributed by atoms with E-state index >= 15 is 0 Å². The Balaban J connectivity index is 1.73. The molecule has 1 aromatic carbocycles. The van der Waals surface area contributed by atoms with Crippen molar-refractivity contribution in [3.05, 3.63) is 36.7 Å². The quantitative estimate of drug-likeness (QED) is 0.879. The van der Waals surface area contributed by atoms with Gasteiger partial charge in [-0.2, -0.15) is 0 Å². The van der Waals surface area contributed by atoms with Gasteiger partial charge in [0.2, 0.25) is 5.91 Å². The summed E-state index contributed by atoms with van der Waals surface area (Å²) in [6, 6.07) is 6.65. The molecule has 3 amide bonds. The average molecular weight is 284 g/mol. The fourth-order valence-corrected chi connectivity index (χ4v) is 2.50. The summed E-state index contributed by atoms with van der Waals surface area (Å²) in [6.45, 7) is 0.670. The molecule has 0 aliphatic carbocycles. The third-order valence-corrected chi connectivity index (χ3v) is 3.66. The molecule has 1 aliphatic rings. The number of nitrogens with one attached hydrogen (secondary N) is 2. The van der Waals surface area contributed by atoms with Crippen LogP contribution in [0.25, 0.3) is 10.8 Å². The van der Waals surface area contributed by atoms with E-state index in [1.807, 2.05) is 24.3 Å². The Labute approximate surface area is 122 Å². The molecule has 6 nitrogen and oxygen atoms in total. The number of urea groups is 1. The van der Waals surface area contributed by atoms with Gasteiger partial charge in [0.15, 0.2) is 0 Å². The Morgan fingerprint density at radius 1 is 1.38 bits per heavy atom. The highest BCUT2D eigenvalue weighted by atomic mass is 16.2. The first-order valence-electron chi connectivity index (χ1n) is 6.80. The van der Waals surface area contributed by atoms with Crippen molar-refractivity contribution in [3.63, 3.8) is 0 Å². The first kappa shape index (κ1) is 13.4. The van der Waals surface area contributed by atoms with Crippen molar-refractivity contribution >= 4 is 28.4 Å². The van der Waals surface area contributed by atoms with Gasteiger partial charge in [0, 0.05) is 36.8 Å². The van der Waals surface area contributed by atoms with E-state index in [9.17, 15) is 9.59 Å². The Kier molecular flexibility index (Phi) is 3.43. The van der Waals surface area contributed by atoms with Crippen molar-refractivity contribution in [2.45, 2.75) is 12.5 Å². The van der Waals surface area contributed by atoms with Crippen molar-refractivity contribution in [1.82, 2.24) is 15.2 Å². The van der Waals surface area contributed by atoms with Crippen LogP contribution in [0.4, 0.5) is 10.5 Å². The molecule has 2 aromatic rings. The summed E-state index contributed by atoms with van der Waals surface area (Å²) in [4.78, 5) is 29.5. The normalized spacial score (nSPS) is 18.0. The summed E-state index contributed by atoms with van der Waals surface area (Å²) in [6.07, 6.45) is 4.07. The maximum atomic E-state index is 12.1. The lowest BCUT2D eigenvalue weighted by Crippen LogP contribution is -2.42. The van der Waals surface area contributed by atoms with Crippen LogP contribution in [0, 0.1) is 0 Å². The highest BCUT2D eigenvalue weighted by molar-refractivity contribution is 6.02. The largest absolute Gasteiger partial charge is 0.344 e. The standard InChI is InChI=1S/C15H16N4O2/c1-19-8-6-13(14(19)20)18-15(21)17-12-4-2-3-10-9-16-7-5-11(10)12/h2-5,7,9,13H,6,8H2,1H3,(H2,17,18,21)/t13-/m1/s1. The number of nitrogens with zero attached hydrogens (tertiary/aromatic N) is 2. The lowest BCUT2D eigenvalue weighted by atomic mass is 10.1. The van der Waals surface area contributed by atoms with E-state index in [4.69, 9.17) is 0 Å². The predicted molar refractivity (Wildman–Crippen MR) is 79.9 cm³/mol. The number of hydrogen-bond donors (Lipinski definition) is 2. The fraction of sp³-hybridized carbons (Fsp3) is 0.267. The zero-order valence-electron chi connectivity index (χ0n) is 11.7. The summed E-state index contributed by atoms with van der Waals surface area (Å²) in [5.41, 5.74) is 0.700. The van der Waals surface area contributed by atoms with Crippen LogP contribution in [0.3, 0.4) is 0 Å². The van der Waals surface area contributed by atoms with Crippen molar-refractivity contribution in [3.8, 4) is 0 Å². The van der Waals surface area contributed by atoms with E-state index in [-0.39, 0.29) is 11.9 Å². The van der Waals surface area contributed by atoms with Gasteiger partial charge in [-0.3, -0.25) is 9.78 Å². The van der Waals surface area contributed by atoms with Gasteiger partial charge in [-0.05, 0) is 18.6 Å². The van der Waals surface area contributed by atoms with E-state index in [2.05, 4.69) is 15.6 Å². The SMILES string of the molecule is CN1CC[C@@H](NC(=O)Nc2cccc3cnccc23)C1=O. The molecule has 1 fully saturated rings. The molecule has 1 saturated heterocycles. The molecular formula is C15H16N4O2. The van der Waals surface area contributed by atoms with Crippen molar-refractivity contribution < 1.29 is 9.59 Å². The number of aromatic nitrogens is 1. The lowest BCUT2D eigenvalue weighted by Gasteiger charge is -2.14. The summed E-state index contributed by atoms with van der Waals surface area (Å²) < 4.78 is 0. The molecule has 0 spiro atoms. The number of fused-ring (bicyclic) bond motifs is 1. The van der Waals surface area contributed by atoms with E-state index in [0.29, 0.717) is 18.7 Å². The first-order valence-corrected chi connectivity index (χ1v) is 6.80. The molecule has 3 rings (SSSR count). The number of hydrogen-bond acceptors (Lipinski definition) is 3. The highest BCUT2D eigenvalue weighted by Gasteiger charge is 2.30. The molecule has 0 bridgehead atoms. The number of rotatable bonds is 2. The summed E-state index contributed by atoms with van der Waals surface area (Å²) >= 11 is 0. The highest BCUT2D eigenvalue weighted by Crippen LogP contribution is 2.22. The third-order valence-electron chi connectivity index (χ3n) is 3.66. The monoisotopic (exact) mass is 284 g/mol. The number of pyridine rings is 1. The minimum Gasteiger partial charge on any atom is -0.344 e. The zero-order valence-corrected chi connectivity index (χ0v) is 11.7. The van der Waals surface area contributed by atoms with Gasteiger partial charge in [-0.1, -0.05) is 12.1 Å². The Hall–Kier alpha value is -2.63. The van der Waals surface area contributed by atoms with Crippen LogP contribution in [0.5, 0.6) is 0 Å². The average Bonchev–Trinajstić information content (AvgIpc) is 2.80. The predicted octanol–water partition coefficient (Wildman–Crippen LogP) is 1.59. The number of likely N-dealkylation sites (N-methyl/N-ethyl adjacent to an activating group) is 1. The van der Waals surface area contributed by atoms with Crippen LogP contribution in [0.2, 0.25) is 0 Å². The maximum absolute atomic E-state index is 12.1. The van der Waals surface area contributed by atoms with E-state index in [0.717, 1.165) is 10.8 Å². The minimum atomic E-state index is -0.438. The number of anilines is 1. The molecule has 108 valence electrons. The van der Waals surface area contributed by atoms with E-state index in [1.165, 1.54) is 0 Å². The zero-order chi connectivity index (χ0) is 14.8. The van der Waals surface area contributed by atoms with Crippen LogP contribution in [-0.2, 0) is 4.79 Å². The molecule has 2 heterocycles. The maximum Gasteiger partial charge on any atom is 0.319 e. The topological polar surface area (TPSA) is 74.3 Å². The molecule has 21 heavy (non-hydrogen) atoms. The molecule has 1 aromatic heterocycles. The van der Waals surface area contributed by atoms with Crippen LogP contribution >= 0.6 is 0 Å². The second-order valence-electron chi connectivity index (χ2n) is 5.10. The van der Waals surface area contributed by atoms with Crippen molar-refractivity contribution in [2.24, 2.45) is 0 Å². The molecule has 1 atom stereocenters. The number of carbonyl (C=O) groups is 2. The lowest BCUT2D eigenvalue weighted by molar-refractivity contribution is -0.128. The number of amides is 3. The van der Waals surface area contributed by atoms with Crippen LogP contribution in [0.15, 0.2) is 36.7 Å². The third kappa shape index (κ3) is 2.65. The van der Waals surface area contributed by atoms with Gasteiger partial charge in [0.05, 0.1) is 5.69 Å². The van der Waals surface area contributed by atoms with Gasteiger partial charge < -0.3 is 15.5 Å². The van der Waals surface area contributed by atoms with Crippen LogP contribution in [0.1, 0.15) is 6.42 Å². The van der Waals surface area contributed by atoms with E-state index < -0.39 is 6.04 Å². The molecule has 0 radical (unpaired) electrons. The van der Waals surface area contributed by atoms with Gasteiger partial charge in [0.25, 0.3) is 0 Å².